The fourth-order valence-corrected chi connectivity index (χ4v) is 5.01. The Morgan fingerprint density at radius 3 is 2.93 bits per heavy atom. The molecule has 0 fully saturated rings. The van der Waals surface area contributed by atoms with Gasteiger partial charge in [-0.3, -0.25) is 4.79 Å². The largest absolute Gasteiger partial charge is 0.492 e. The third-order valence-electron chi connectivity index (χ3n) is 5.41. The minimum atomic E-state index is -0.110. The van der Waals surface area contributed by atoms with Crippen LogP contribution in [-0.4, -0.2) is 30.8 Å². The molecular formula is C23H22N2O4S. The average molecular weight is 423 g/mol. The van der Waals surface area contributed by atoms with E-state index in [0.29, 0.717) is 24.7 Å². The minimum Gasteiger partial charge on any atom is -0.492 e. The number of aromatic nitrogens is 1. The van der Waals surface area contributed by atoms with Crippen molar-refractivity contribution in [1.29, 1.82) is 0 Å². The third-order valence-corrected chi connectivity index (χ3v) is 6.58. The maximum absolute atomic E-state index is 12.9. The number of benzene rings is 2. The number of hydrogen-bond acceptors (Lipinski definition) is 6. The van der Waals surface area contributed by atoms with Gasteiger partial charge >= 0.3 is 0 Å². The van der Waals surface area contributed by atoms with Crippen LogP contribution in [0.3, 0.4) is 0 Å². The van der Waals surface area contributed by atoms with E-state index >= 15 is 0 Å². The second-order valence-electron chi connectivity index (χ2n) is 7.33. The molecule has 2 aliphatic rings. The molecule has 7 heteroatoms. The molecule has 2 heterocycles. The van der Waals surface area contributed by atoms with Gasteiger partial charge in [0, 0.05) is 12.0 Å². The molecule has 2 unspecified atom stereocenters. The Kier molecular flexibility index (Phi) is 5.27. The van der Waals surface area contributed by atoms with Crippen LogP contribution >= 0.6 is 11.3 Å². The number of allylic oxidation sites excluding steroid dienone is 2. The summed E-state index contributed by atoms with van der Waals surface area (Å²) in [6, 6.07) is 13.6. The fourth-order valence-electron chi connectivity index (χ4n) is 3.87. The van der Waals surface area contributed by atoms with Crippen LogP contribution in [0.1, 0.15) is 23.8 Å². The normalized spacial score (nSPS) is 19.7. The summed E-state index contributed by atoms with van der Waals surface area (Å²) >= 11 is 1.69. The number of fused-ring (bicyclic) bond motifs is 2. The number of amides is 1. The summed E-state index contributed by atoms with van der Waals surface area (Å²) in [5.74, 6) is 2.16. The smallest absolute Gasteiger partial charge is 0.231 e. The summed E-state index contributed by atoms with van der Waals surface area (Å²) in [5.41, 5.74) is 1.00. The van der Waals surface area contributed by atoms with Crippen molar-refractivity contribution in [3.63, 3.8) is 0 Å². The summed E-state index contributed by atoms with van der Waals surface area (Å²) < 4.78 is 17.6. The van der Waals surface area contributed by atoms with Crippen LogP contribution in [-0.2, 0) is 4.79 Å². The first-order valence-electron chi connectivity index (χ1n) is 10.1. The summed E-state index contributed by atoms with van der Waals surface area (Å²) in [6.07, 6.45) is 5.82. The average Bonchev–Trinajstić information content (AvgIpc) is 3.43. The highest BCUT2D eigenvalue weighted by Crippen LogP contribution is 2.38. The first kappa shape index (κ1) is 18.9. The Bertz CT molecular complexity index is 1060. The van der Waals surface area contributed by atoms with E-state index in [2.05, 4.69) is 23.5 Å². The molecule has 6 nitrogen and oxygen atoms in total. The fraction of sp³-hybridized carbons (Fsp3) is 0.304. The Labute approximate surface area is 178 Å². The van der Waals surface area contributed by atoms with Crippen molar-refractivity contribution in [3.8, 4) is 17.2 Å². The van der Waals surface area contributed by atoms with Crippen LogP contribution < -0.4 is 19.5 Å². The van der Waals surface area contributed by atoms with Gasteiger partial charge in [-0.05, 0) is 37.1 Å². The molecule has 30 heavy (non-hydrogen) atoms. The molecule has 1 amide bonds. The zero-order valence-electron chi connectivity index (χ0n) is 16.4. The van der Waals surface area contributed by atoms with Gasteiger partial charge in [0.1, 0.15) is 12.4 Å². The Morgan fingerprint density at radius 2 is 2.00 bits per heavy atom. The quantitative estimate of drug-likeness (QED) is 0.475. The number of nitrogens with one attached hydrogen (secondary N) is 1. The molecule has 154 valence electrons. The second kappa shape index (κ2) is 8.36. The molecular weight excluding hydrogens is 400 g/mol. The van der Waals surface area contributed by atoms with Crippen molar-refractivity contribution in [1.82, 2.24) is 10.3 Å². The molecule has 0 saturated heterocycles. The van der Waals surface area contributed by atoms with Crippen LogP contribution in [0.2, 0.25) is 0 Å². The lowest BCUT2D eigenvalue weighted by molar-refractivity contribution is -0.125. The maximum Gasteiger partial charge on any atom is 0.231 e. The topological polar surface area (TPSA) is 69.7 Å². The number of carbonyl (C=O) groups is 1. The molecule has 0 spiro atoms. The Balaban J connectivity index is 1.18. The number of thiazole rings is 1. The number of hydrogen-bond donors (Lipinski definition) is 1. The second-order valence-corrected chi connectivity index (χ2v) is 8.39. The number of carbonyl (C=O) groups excluding carboxylic acids is 1. The van der Waals surface area contributed by atoms with Crippen LogP contribution in [0, 0.1) is 5.92 Å². The van der Waals surface area contributed by atoms with Crippen molar-refractivity contribution in [2.45, 2.75) is 18.8 Å². The summed E-state index contributed by atoms with van der Waals surface area (Å²) in [4.78, 5) is 17.7. The standard InChI is InChI=1S/C23H22N2O4S/c26-22(24-11-12-27-15-9-10-19-20(13-15)29-14-28-19)16-5-1-2-6-17(16)23-25-18-7-3-4-8-21(18)30-23/h1-4,7-10,13,16-17H,5-6,11-12,14H2,(H,24,26). The van der Waals surface area contributed by atoms with Crippen molar-refractivity contribution in [2.24, 2.45) is 5.92 Å². The zero-order chi connectivity index (χ0) is 20.3. The number of rotatable bonds is 6. The molecule has 0 bridgehead atoms. The highest BCUT2D eigenvalue weighted by Gasteiger charge is 2.32. The van der Waals surface area contributed by atoms with Gasteiger partial charge in [0.2, 0.25) is 12.7 Å². The predicted molar refractivity (Wildman–Crippen MR) is 115 cm³/mol. The highest BCUT2D eigenvalue weighted by molar-refractivity contribution is 7.18. The monoisotopic (exact) mass is 422 g/mol. The van der Waals surface area contributed by atoms with E-state index in [1.165, 1.54) is 4.70 Å². The lowest BCUT2D eigenvalue weighted by Gasteiger charge is -2.26. The van der Waals surface area contributed by atoms with Gasteiger partial charge in [-0.2, -0.15) is 0 Å². The lowest BCUT2D eigenvalue weighted by Crippen LogP contribution is -2.37. The van der Waals surface area contributed by atoms with Gasteiger partial charge < -0.3 is 19.5 Å². The van der Waals surface area contributed by atoms with Gasteiger partial charge in [0.05, 0.1) is 27.7 Å². The van der Waals surface area contributed by atoms with Crippen LogP contribution in [0.15, 0.2) is 54.6 Å². The minimum absolute atomic E-state index is 0.0536. The van der Waals surface area contributed by atoms with E-state index in [4.69, 9.17) is 19.2 Å². The van der Waals surface area contributed by atoms with Gasteiger partial charge in [-0.25, -0.2) is 4.98 Å². The van der Waals surface area contributed by atoms with Crippen molar-refractivity contribution < 1.29 is 19.0 Å². The van der Waals surface area contributed by atoms with Crippen molar-refractivity contribution in [2.75, 3.05) is 19.9 Å². The molecule has 5 rings (SSSR count). The molecule has 1 N–H and O–H groups in total. The Morgan fingerprint density at radius 1 is 1.13 bits per heavy atom. The molecule has 3 aromatic rings. The summed E-state index contributed by atoms with van der Waals surface area (Å²) in [5, 5.41) is 4.07. The van der Waals surface area contributed by atoms with E-state index < -0.39 is 0 Å². The van der Waals surface area contributed by atoms with Crippen LogP contribution in [0.25, 0.3) is 10.2 Å². The molecule has 1 aliphatic carbocycles. The van der Waals surface area contributed by atoms with Gasteiger partial charge in [0.25, 0.3) is 0 Å². The van der Waals surface area contributed by atoms with E-state index in [9.17, 15) is 4.79 Å². The predicted octanol–water partition coefficient (Wildman–Crippen LogP) is 4.27. The zero-order valence-corrected chi connectivity index (χ0v) is 17.2. The number of para-hydroxylation sites is 1. The van der Waals surface area contributed by atoms with E-state index in [1.807, 2.05) is 30.3 Å². The SMILES string of the molecule is O=C(NCCOc1ccc2c(c1)OCO2)C1CC=CCC1c1nc2ccccc2s1. The molecule has 1 aromatic heterocycles. The van der Waals surface area contributed by atoms with E-state index in [-0.39, 0.29) is 24.5 Å². The van der Waals surface area contributed by atoms with Gasteiger partial charge in [0.15, 0.2) is 11.5 Å². The maximum atomic E-state index is 12.9. The van der Waals surface area contributed by atoms with Crippen molar-refractivity contribution in [3.05, 3.63) is 59.6 Å². The van der Waals surface area contributed by atoms with Crippen LogP contribution in [0.5, 0.6) is 17.2 Å². The molecule has 2 atom stereocenters. The number of nitrogens with zero attached hydrogens (tertiary/aromatic N) is 1. The first-order valence-corrected chi connectivity index (χ1v) is 10.9. The molecule has 1 aliphatic heterocycles. The van der Waals surface area contributed by atoms with E-state index in [0.717, 1.165) is 29.1 Å². The lowest BCUT2D eigenvalue weighted by atomic mass is 9.82. The van der Waals surface area contributed by atoms with Crippen LogP contribution in [0.4, 0.5) is 0 Å². The summed E-state index contributed by atoms with van der Waals surface area (Å²) in [6.45, 7) is 1.07. The number of ether oxygens (including phenoxy) is 3. The molecule has 2 aromatic carbocycles. The van der Waals surface area contributed by atoms with Gasteiger partial charge in [-0.1, -0.05) is 24.3 Å². The van der Waals surface area contributed by atoms with Gasteiger partial charge in [-0.15, -0.1) is 11.3 Å². The van der Waals surface area contributed by atoms with Crippen molar-refractivity contribution >= 4 is 27.5 Å². The Hall–Kier alpha value is -3.06. The van der Waals surface area contributed by atoms with E-state index in [1.54, 1.807) is 17.4 Å². The molecule has 0 saturated carbocycles. The summed E-state index contributed by atoms with van der Waals surface area (Å²) in [7, 11) is 0. The third kappa shape index (κ3) is 3.85. The highest BCUT2D eigenvalue weighted by atomic mass is 32.1. The first-order chi connectivity index (χ1) is 14.8. The molecule has 0 radical (unpaired) electrons.